The largest absolute Gasteiger partial charge is 0.385 e. The van der Waals surface area contributed by atoms with E-state index in [0.29, 0.717) is 53.5 Å². The Labute approximate surface area is 220 Å². The Hall–Kier alpha value is -3.41. The average molecular weight is 525 g/mol. The highest BCUT2D eigenvalue weighted by molar-refractivity contribution is 5.82. The van der Waals surface area contributed by atoms with Crippen molar-refractivity contribution in [1.29, 1.82) is 0 Å². The molecule has 38 heavy (non-hydrogen) atoms. The second-order valence-corrected chi connectivity index (χ2v) is 10.1. The van der Waals surface area contributed by atoms with E-state index in [1.807, 2.05) is 6.92 Å². The summed E-state index contributed by atoms with van der Waals surface area (Å²) in [5.41, 5.74) is 1.75. The second-order valence-electron chi connectivity index (χ2n) is 10.1. The van der Waals surface area contributed by atoms with Gasteiger partial charge in [-0.15, -0.1) is 0 Å². The number of benzene rings is 1. The van der Waals surface area contributed by atoms with E-state index in [1.165, 1.54) is 25.0 Å². The first-order valence-electron chi connectivity index (χ1n) is 12.9. The fraction of sp³-hybridized carbons (Fsp3) is 0.481. The van der Waals surface area contributed by atoms with E-state index in [4.69, 9.17) is 19.2 Å². The summed E-state index contributed by atoms with van der Waals surface area (Å²) in [6, 6.07) is 7.90. The summed E-state index contributed by atoms with van der Waals surface area (Å²) in [6.45, 7) is 4.07. The molecule has 2 aliphatic rings. The van der Waals surface area contributed by atoms with Crippen molar-refractivity contribution in [2.45, 2.75) is 32.5 Å². The van der Waals surface area contributed by atoms with Gasteiger partial charge in [-0.1, -0.05) is 0 Å². The smallest absolute Gasteiger partial charge is 0.230 e. The molecule has 2 fully saturated rings. The van der Waals surface area contributed by atoms with Crippen molar-refractivity contribution in [3.8, 4) is 22.6 Å². The Bertz CT molecular complexity index is 1240. The highest BCUT2D eigenvalue weighted by Crippen LogP contribution is 2.36. The third-order valence-electron chi connectivity index (χ3n) is 6.69. The third-order valence-corrected chi connectivity index (χ3v) is 6.69. The van der Waals surface area contributed by atoms with Crippen LogP contribution < -0.4 is 10.6 Å². The number of H-pyrrole nitrogens is 1. The highest BCUT2D eigenvalue weighted by atomic mass is 19.1. The molecule has 1 aliphatic heterocycles. The fourth-order valence-corrected chi connectivity index (χ4v) is 4.18. The zero-order chi connectivity index (χ0) is 26.5. The molecule has 3 heterocycles. The van der Waals surface area contributed by atoms with Crippen molar-refractivity contribution in [3.05, 3.63) is 48.2 Å². The number of amides is 1. The normalized spacial score (nSPS) is 21.3. The molecule has 3 N–H and O–H groups in total. The van der Waals surface area contributed by atoms with Crippen LogP contribution in [0.15, 0.2) is 36.5 Å². The van der Waals surface area contributed by atoms with Gasteiger partial charge in [-0.05, 0) is 62.4 Å². The van der Waals surface area contributed by atoms with E-state index < -0.39 is 11.7 Å². The number of carbonyl (C=O) groups excluding carboxylic acids is 1. The van der Waals surface area contributed by atoms with Crippen molar-refractivity contribution in [3.63, 3.8) is 0 Å². The van der Waals surface area contributed by atoms with Gasteiger partial charge in [-0.25, -0.2) is 19.3 Å². The SMILES string of the molecule is COCCCNC(=O)C1(C)COC(c2nc(-c3ccc(F)cc3)c(-c3ccnc(NCC4CC4)n3)[nH]2)OC1. The number of imidazole rings is 1. The van der Waals surface area contributed by atoms with Gasteiger partial charge in [0.25, 0.3) is 0 Å². The Morgan fingerprint density at radius 1 is 1.18 bits per heavy atom. The van der Waals surface area contributed by atoms with Crippen LogP contribution in [-0.2, 0) is 19.0 Å². The summed E-state index contributed by atoms with van der Waals surface area (Å²) in [6.07, 6.45) is 4.07. The Balaban J connectivity index is 1.35. The average Bonchev–Trinajstić information content (AvgIpc) is 3.67. The number of rotatable bonds is 11. The minimum atomic E-state index is -0.826. The van der Waals surface area contributed by atoms with Crippen LogP contribution in [0.4, 0.5) is 10.3 Å². The maximum absolute atomic E-state index is 13.6. The first kappa shape index (κ1) is 26.2. The molecule has 1 aliphatic carbocycles. The quantitative estimate of drug-likeness (QED) is 0.325. The topological polar surface area (TPSA) is 123 Å². The van der Waals surface area contributed by atoms with E-state index in [1.54, 1.807) is 31.5 Å². The van der Waals surface area contributed by atoms with Crippen molar-refractivity contribution < 1.29 is 23.4 Å². The zero-order valence-corrected chi connectivity index (χ0v) is 21.6. The van der Waals surface area contributed by atoms with E-state index in [9.17, 15) is 9.18 Å². The minimum absolute atomic E-state index is 0.133. The number of halogens is 1. The van der Waals surface area contributed by atoms with Gasteiger partial charge in [0.2, 0.25) is 18.1 Å². The number of hydrogen-bond donors (Lipinski definition) is 3. The fourth-order valence-electron chi connectivity index (χ4n) is 4.18. The summed E-state index contributed by atoms with van der Waals surface area (Å²) in [5, 5.41) is 6.21. The monoisotopic (exact) mass is 524 g/mol. The Kier molecular flexibility index (Phi) is 7.96. The van der Waals surface area contributed by atoms with Crippen LogP contribution in [0.3, 0.4) is 0 Å². The van der Waals surface area contributed by atoms with Crippen LogP contribution in [0.25, 0.3) is 22.6 Å². The lowest BCUT2D eigenvalue weighted by molar-refractivity contribution is -0.231. The van der Waals surface area contributed by atoms with Crippen LogP contribution in [0.5, 0.6) is 0 Å². The summed E-state index contributed by atoms with van der Waals surface area (Å²) >= 11 is 0. The lowest BCUT2D eigenvalue weighted by Gasteiger charge is -2.35. The molecule has 202 valence electrons. The molecular weight excluding hydrogens is 491 g/mol. The molecule has 3 aromatic rings. The van der Waals surface area contributed by atoms with Crippen LogP contribution in [0.1, 0.15) is 38.3 Å². The molecule has 0 radical (unpaired) electrons. The van der Waals surface area contributed by atoms with Crippen LogP contribution >= 0.6 is 0 Å². The van der Waals surface area contributed by atoms with E-state index in [-0.39, 0.29) is 24.9 Å². The van der Waals surface area contributed by atoms with Crippen molar-refractivity contribution >= 4 is 11.9 Å². The summed E-state index contributed by atoms with van der Waals surface area (Å²) in [4.78, 5) is 29.8. The standard InChI is InChI=1S/C27H33FN6O4/c1-27(25(35)29-11-3-13-36-2)15-37-24(38-16-27)23-33-21(18-6-8-19(28)9-7-18)22(34-23)20-10-12-30-26(32-20)31-14-17-4-5-17/h6-10,12,17,24H,3-5,11,13-16H2,1-2H3,(H,29,35)(H,33,34)(H,30,31,32). The van der Waals surface area contributed by atoms with Crippen molar-refractivity contribution in [2.75, 3.05) is 45.3 Å². The molecule has 2 aromatic heterocycles. The van der Waals surface area contributed by atoms with Crippen molar-refractivity contribution in [1.82, 2.24) is 25.3 Å². The molecule has 1 amide bonds. The highest BCUT2D eigenvalue weighted by Gasteiger charge is 2.40. The number of aromatic nitrogens is 4. The lowest BCUT2D eigenvalue weighted by atomic mass is 9.91. The molecule has 0 unspecified atom stereocenters. The third kappa shape index (κ3) is 6.17. The van der Waals surface area contributed by atoms with Gasteiger partial charge in [0.05, 0.1) is 35.7 Å². The van der Waals surface area contributed by atoms with Crippen LogP contribution in [0.2, 0.25) is 0 Å². The summed E-state index contributed by atoms with van der Waals surface area (Å²) in [7, 11) is 1.63. The molecule has 0 atom stereocenters. The molecular formula is C27H33FN6O4. The number of methoxy groups -OCH3 is 1. The molecule has 1 saturated heterocycles. The number of nitrogens with zero attached hydrogens (tertiary/aromatic N) is 3. The second kappa shape index (κ2) is 11.5. The number of aromatic amines is 1. The number of hydrogen-bond acceptors (Lipinski definition) is 8. The number of ether oxygens (including phenoxy) is 3. The van der Waals surface area contributed by atoms with Crippen LogP contribution in [0, 0.1) is 17.2 Å². The maximum Gasteiger partial charge on any atom is 0.230 e. The minimum Gasteiger partial charge on any atom is -0.385 e. The van der Waals surface area contributed by atoms with Gasteiger partial charge in [0, 0.05) is 38.6 Å². The van der Waals surface area contributed by atoms with Gasteiger partial charge in [-0.2, -0.15) is 0 Å². The van der Waals surface area contributed by atoms with Gasteiger partial charge < -0.3 is 29.8 Å². The molecule has 11 heteroatoms. The predicted octanol–water partition coefficient (Wildman–Crippen LogP) is 3.70. The van der Waals surface area contributed by atoms with E-state index in [0.717, 1.165) is 13.0 Å². The van der Waals surface area contributed by atoms with Gasteiger partial charge >= 0.3 is 0 Å². The van der Waals surface area contributed by atoms with Crippen LogP contribution in [-0.4, -0.2) is 65.9 Å². The lowest BCUT2D eigenvalue weighted by Crippen LogP contribution is -2.48. The molecule has 5 rings (SSSR count). The van der Waals surface area contributed by atoms with Gasteiger partial charge in [-0.3, -0.25) is 4.79 Å². The van der Waals surface area contributed by atoms with E-state index in [2.05, 4.69) is 25.6 Å². The van der Waals surface area contributed by atoms with Gasteiger partial charge in [0.1, 0.15) is 5.82 Å². The zero-order valence-electron chi connectivity index (χ0n) is 21.6. The Morgan fingerprint density at radius 3 is 2.66 bits per heavy atom. The summed E-state index contributed by atoms with van der Waals surface area (Å²) < 4.78 is 30.6. The number of nitrogens with one attached hydrogen (secondary N) is 3. The van der Waals surface area contributed by atoms with Gasteiger partial charge in [0.15, 0.2) is 5.82 Å². The van der Waals surface area contributed by atoms with Crippen molar-refractivity contribution in [2.24, 2.45) is 11.3 Å². The molecule has 10 nitrogen and oxygen atoms in total. The maximum atomic E-state index is 13.6. The first-order chi connectivity index (χ1) is 18.4. The molecule has 1 aromatic carbocycles. The molecule has 0 spiro atoms. The molecule has 1 saturated carbocycles. The number of anilines is 1. The number of carbonyl (C=O) groups is 1. The van der Waals surface area contributed by atoms with E-state index >= 15 is 0 Å². The Morgan fingerprint density at radius 2 is 1.95 bits per heavy atom. The predicted molar refractivity (Wildman–Crippen MR) is 138 cm³/mol. The first-order valence-corrected chi connectivity index (χ1v) is 12.9. The molecule has 0 bridgehead atoms. The summed E-state index contributed by atoms with van der Waals surface area (Å²) in [5.74, 6) is 1.18.